The summed E-state index contributed by atoms with van der Waals surface area (Å²) >= 11 is 1.50. The minimum atomic E-state index is -0.560. The fourth-order valence-electron chi connectivity index (χ4n) is 1.17. The van der Waals surface area contributed by atoms with Gasteiger partial charge in [-0.25, -0.2) is 4.79 Å². The van der Waals surface area contributed by atoms with Crippen molar-refractivity contribution in [1.29, 1.82) is 5.26 Å². The van der Waals surface area contributed by atoms with E-state index in [1.54, 1.807) is 13.1 Å². The molecule has 1 amide bonds. The van der Waals surface area contributed by atoms with Crippen LogP contribution in [0.25, 0.3) is 6.08 Å². The van der Waals surface area contributed by atoms with Crippen molar-refractivity contribution in [2.75, 3.05) is 20.2 Å². The van der Waals surface area contributed by atoms with Gasteiger partial charge in [0.15, 0.2) is 6.61 Å². The number of hydrogen-bond acceptors (Lipinski definition) is 5. The molecule has 0 saturated carbocycles. The van der Waals surface area contributed by atoms with Crippen LogP contribution < -0.4 is 0 Å². The number of nitrogens with zero attached hydrogens (tertiary/aromatic N) is 2. The van der Waals surface area contributed by atoms with Crippen molar-refractivity contribution in [3.8, 4) is 6.07 Å². The molecule has 1 rings (SSSR count). The topological polar surface area (TPSA) is 70.4 Å². The van der Waals surface area contributed by atoms with E-state index in [-0.39, 0.29) is 18.9 Å². The molecule has 0 N–H and O–H groups in total. The summed E-state index contributed by atoms with van der Waals surface area (Å²) in [4.78, 5) is 25.2. The van der Waals surface area contributed by atoms with Gasteiger partial charge in [0.25, 0.3) is 5.91 Å². The predicted octanol–water partition coefficient (Wildman–Crippen LogP) is 1.68. The highest BCUT2D eigenvalue weighted by Crippen LogP contribution is 2.10. The quantitative estimate of drug-likeness (QED) is 0.586. The summed E-state index contributed by atoms with van der Waals surface area (Å²) in [5, 5.41) is 10.3. The van der Waals surface area contributed by atoms with Gasteiger partial charge in [-0.05, 0) is 17.5 Å². The van der Waals surface area contributed by atoms with Crippen LogP contribution >= 0.6 is 11.3 Å². The van der Waals surface area contributed by atoms with E-state index in [1.807, 2.05) is 23.6 Å². The van der Waals surface area contributed by atoms with Crippen molar-refractivity contribution >= 4 is 29.3 Å². The molecule has 19 heavy (non-hydrogen) atoms. The number of hydrogen-bond donors (Lipinski definition) is 0. The molecule has 1 aromatic heterocycles. The van der Waals surface area contributed by atoms with Gasteiger partial charge >= 0.3 is 5.97 Å². The number of esters is 1. The van der Waals surface area contributed by atoms with E-state index < -0.39 is 5.97 Å². The van der Waals surface area contributed by atoms with Gasteiger partial charge in [0, 0.05) is 24.5 Å². The molecule has 100 valence electrons. The van der Waals surface area contributed by atoms with Crippen molar-refractivity contribution in [3.63, 3.8) is 0 Å². The van der Waals surface area contributed by atoms with Gasteiger partial charge in [0.1, 0.15) is 0 Å². The average molecular weight is 278 g/mol. The molecule has 0 aliphatic heterocycles. The normalized spacial score (nSPS) is 10.1. The Bertz CT molecular complexity index is 488. The van der Waals surface area contributed by atoms with E-state index >= 15 is 0 Å². The highest BCUT2D eigenvalue weighted by molar-refractivity contribution is 7.10. The second-order valence-corrected chi connectivity index (χ2v) is 4.66. The molecule has 0 spiro atoms. The standard InChI is InChI=1S/C13H14N2O3S/c1-15(8-3-7-14)12(16)10-18-13(17)6-5-11-4-2-9-19-11/h2,4-6,9H,3,8,10H2,1H3. The molecule has 6 heteroatoms. The van der Waals surface area contributed by atoms with E-state index in [2.05, 4.69) is 0 Å². The van der Waals surface area contributed by atoms with Gasteiger partial charge < -0.3 is 9.64 Å². The van der Waals surface area contributed by atoms with Gasteiger partial charge in [-0.1, -0.05) is 6.07 Å². The number of thiophene rings is 1. The van der Waals surface area contributed by atoms with Crippen LogP contribution in [-0.2, 0) is 14.3 Å². The first-order chi connectivity index (χ1) is 9.13. The lowest BCUT2D eigenvalue weighted by Gasteiger charge is -2.14. The Hall–Kier alpha value is -2.13. The third-order valence-corrected chi connectivity index (χ3v) is 3.09. The summed E-state index contributed by atoms with van der Waals surface area (Å²) in [6.45, 7) is 0.0213. The number of nitriles is 1. The van der Waals surface area contributed by atoms with E-state index in [0.29, 0.717) is 6.54 Å². The highest BCUT2D eigenvalue weighted by atomic mass is 32.1. The molecule has 0 unspecified atom stereocenters. The van der Waals surface area contributed by atoms with Gasteiger partial charge in [0.05, 0.1) is 12.5 Å². The van der Waals surface area contributed by atoms with Gasteiger partial charge in [-0.2, -0.15) is 5.26 Å². The molecule has 0 aromatic carbocycles. The summed E-state index contributed by atoms with van der Waals surface area (Å²) in [6, 6.07) is 5.69. The minimum Gasteiger partial charge on any atom is -0.452 e. The minimum absolute atomic E-state index is 0.258. The highest BCUT2D eigenvalue weighted by Gasteiger charge is 2.10. The molecule has 0 fully saturated rings. The molecule has 1 heterocycles. The molecule has 0 atom stereocenters. The lowest BCUT2D eigenvalue weighted by Crippen LogP contribution is -2.31. The Balaban J connectivity index is 2.30. The van der Waals surface area contributed by atoms with E-state index in [4.69, 9.17) is 10.00 Å². The number of likely N-dealkylation sites (N-methyl/N-ethyl adjacent to an activating group) is 1. The van der Waals surface area contributed by atoms with Gasteiger partial charge in [0.2, 0.25) is 0 Å². The monoisotopic (exact) mass is 278 g/mol. The van der Waals surface area contributed by atoms with Crippen LogP contribution in [-0.4, -0.2) is 37.0 Å². The molecule has 5 nitrogen and oxygen atoms in total. The number of ether oxygens (including phenoxy) is 1. The van der Waals surface area contributed by atoms with Crippen LogP contribution in [0.2, 0.25) is 0 Å². The smallest absolute Gasteiger partial charge is 0.331 e. The fourth-order valence-corrected chi connectivity index (χ4v) is 1.79. The van der Waals surface area contributed by atoms with Crippen LogP contribution in [0.3, 0.4) is 0 Å². The first-order valence-corrected chi connectivity index (χ1v) is 6.50. The summed E-state index contributed by atoms with van der Waals surface area (Å²) < 4.78 is 4.81. The largest absolute Gasteiger partial charge is 0.452 e. The molecule has 0 bridgehead atoms. The second-order valence-electron chi connectivity index (χ2n) is 3.68. The number of rotatable bonds is 6. The first-order valence-electron chi connectivity index (χ1n) is 5.62. The summed E-state index contributed by atoms with van der Waals surface area (Å²) in [5.74, 6) is -0.886. The maximum Gasteiger partial charge on any atom is 0.331 e. The average Bonchev–Trinajstić information content (AvgIpc) is 2.92. The second kappa shape index (κ2) is 8.06. The van der Waals surface area contributed by atoms with Crippen molar-refractivity contribution in [1.82, 2.24) is 4.90 Å². The molecule has 0 saturated heterocycles. The number of carbonyl (C=O) groups is 2. The van der Waals surface area contributed by atoms with Crippen LogP contribution in [0.5, 0.6) is 0 Å². The van der Waals surface area contributed by atoms with Crippen molar-refractivity contribution < 1.29 is 14.3 Å². The van der Waals surface area contributed by atoms with Crippen molar-refractivity contribution in [2.24, 2.45) is 0 Å². The Labute approximate surface area is 115 Å². The van der Waals surface area contributed by atoms with E-state index in [9.17, 15) is 9.59 Å². The predicted molar refractivity (Wildman–Crippen MR) is 72.2 cm³/mol. The Morgan fingerprint density at radius 3 is 3.00 bits per heavy atom. The Kier molecular flexibility index (Phi) is 6.33. The summed E-state index contributed by atoms with van der Waals surface area (Å²) in [6.07, 6.45) is 3.18. The third kappa shape index (κ3) is 5.84. The van der Waals surface area contributed by atoms with E-state index in [0.717, 1.165) is 4.88 Å². The molecular formula is C13H14N2O3S. The summed E-state index contributed by atoms with van der Waals surface area (Å²) in [7, 11) is 1.56. The fraction of sp³-hybridized carbons (Fsp3) is 0.308. The van der Waals surface area contributed by atoms with Crippen LogP contribution in [0.4, 0.5) is 0 Å². The van der Waals surface area contributed by atoms with Crippen molar-refractivity contribution in [2.45, 2.75) is 6.42 Å². The number of carbonyl (C=O) groups excluding carboxylic acids is 2. The summed E-state index contributed by atoms with van der Waals surface area (Å²) in [5.41, 5.74) is 0. The molecule has 0 radical (unpaired) electrons. The van der Waals surface area contributed by atoms with Crippen molar-refractivity contribution in [3.05, 3.63) is 28.5 Å². The number of amides is 1. The zero-order valence-corrected chi connectivity index (χ0v) is 11.4. The van der Waals surface area contributed by atoms with E-state index in [1.165, 1.54) is 22.3 Å². The maximum absolute atomic E-state index is 11.5. The van der Waals surface area contributed by atoms with Gasteiger partial charge in [-0.15, -0.1) is 11.3 Å². The Morgan fingerprint density at radius 1 is 1.58 bits per heavy atom. The van der Waals surface area contributed by atoms with Crippen LogP contribution in [0, 0.1) is 11.3 Å². The first kappa shape index (κ1) is 14.9. The Morgan fingerprint density at radius 2 is 2.37 bits per heavy atom. The third-order valence-electron chi connectivity index (χ3n) is 2.25. The van der Waals surface area contributed by atoms with Crippen LogP contribution in [0.1, 0.15) is 11.3 Å². The molecular weight excluding hydrogens is 264 g/mol. The molecule has 1 aromatic rings. The zero-order valence-electron chi connectivity index (χ0n) is 10.5. The lowest BCUT2D eigenvalue weighted by atomic mass is 10.4. The lowest BCUT2D eigenvalue weighted by molar-refractivity contribution is -0.147. The molecule has 0 aliphatic carbocycles. The molecule has 0 aliphatic rings. The van der Waals surface area contributed by atoms with Gasteiger partial charge in [-0.3, -0.25) is 4.79 Å². The van der Waals surface area contributed by atoms with Crippen LogP contribution in [0.15, 0.2) is 23.6 Å². The maximum atomic E-state index is 11.5. The SMILES string of the molecule is CN(CCC#N)C(=O)COC(=O)C=Cc1cccs1. The zero-order chi connectivity index (χ0) is 14.1.